The van der Waals surface area contributed by atoms with Crippen LogP contribution in [0.15, 0.2) is 133 Å². The lowest BCUT2D eigenvalue weighted by molar-refractivity contribution is 0.0696. The predicted molar refractivity (Wildman–Crippen MR) is 212 cm³/mol. The van der Waals surface area contributed by atoms with Crippen molar-refractivity contribution in [1.29, 1.82) is 0 Å². The number of carboxylic acids is 1. The molecule has 6 aromatic rings. The van der Waals surface area contributed by atoms with Crippen molar-refractivity contribution in [2.75, 3.05) is 18.0 Å². The van der Waals surface area contributed by atoms with E-state index in [2.05, 4.69) is 98.5 Å². The van der Waals surface area contributed by atoms with Crippen LogP contribution in [0.3, 0.4) is 0 Å². The number of benzene rings is 6. The molecule has 0 amide bonds. The molecule has 0 bridgehead atoms. The van der Waals surface area contributed by atoms with Crippen LogP contribution >= 0.6 is 0 Å². The molecule has 6 aromatic carbocycles. The van der Waals surface area contributed by atoms with E-state index in [4.69, 9.17) is 4.74 Å². The Morgan fingerprint density at radius 1 is 0.667 bits per heavy atom. The summed E-state index contributed by atoms with van der Waals surface area (Å²) in [4.78, 5) is 15.6. The third-order valence-electron chi connectivity index (χ3n) is 10.3. The molecule has 4 heteroatoms. The first-order chi connectivity index (χ1) is 25.0. The van der Waals surface area contributed by atoms with Crippen LogP contribution in [-0.4, -0.2) is 24.2 Å². The van der Waals surface area contributed by atoms with Gasteiger partial charge >= 0.3 is 5.97 Å². The topological polar surface area (TPSA) is 49.8 Å². The summed E-state index contributed by atoms with van der Waals surface area (Å²) in [7, 11) is 0. The van der Waals surface area contributed by atoms with Crippen molar-refractivity contribution in [3.63, 3.8) is 0 Å². The highest BCUT2D eigenvalue weighted by molar-refractivity contribution is 6.13. The Hall–Kier alpha value is -5.61. The molecule has 1 heterocycles. The number of nitrogens with zero attached hydrogens (tertiary/aromatic N) is 1. The molecular weight excluding hydrogens is 627 g/mol. The van der Waals surface area contributed by atoms with Gasteiger partial charge in [0.1, 0.15) is 5.75 Å². The van der Waals surface area contributed by atoms with Crippen molar-refractivity contribution in [3.8, 4) is 28.0 Å². The van der Waals surface area contributed by atoms with Gasteiger partial charge in [-0.3, -0.25) is 0 Å². The number of ether oxygens (including phenoxy) is 1. The lowest BCUT2D eigenvalue weighted by Crippen LogP contribution is -2.35. The smallest absolute Gasteiger partial charge is 0.337 e. The molecule has 1 unspecified atom stereocenters. The van der Waals surface area contributed by atoms with E-state index in [0.717, 1.165) is 63.8 Å². The average Bonchev–Trinajstić information content (AvgIpc) is 3.18. The Morgan fingerprint density at radius 2 is 1.25 bits per heavy atom. The Labute approximate surface area is 301 Å². The molecule has 0 aliphatic carbocycles. The minimum atomic E-state index is -0.987. The van der Waals surface area contributed by atoms with Crippen LogP contribution in [0, 0.1) is 0 Å². The van der Waals surface area contributed by atoms with Gasteiger partial charge in [-0.15, -0.1) is 0 Å². The standard InChI is InChI=1S/C47H45NO3/c1-4-7-9-14-33-19-21-34(22-20-33)35-23-25-36(26-24-35)43-40-17-12-13-18-41(40)45-42(44(43)46(49)50)31-32-47(51-45,37-15-10-8-11-16-37)38-27-29-39(30-28-38)48(5-2)6-3/h8,10-13,15-32H,4-7,9,14H2,1-3H3,(H,49,50). The average molecular weight is 672 g/mol. The van der Waals surface area contributed by atoms with Crippen LogP contribution in [0.25, 0.3) is 39.1 Å². The molecule has 1 aliphatic rings. The molecule has 51 heavy (non-hydrogen) atoms. The van der Waals surface area contributed by atoms with Crippen molar-refractivity contribution >= 4 is 28.5 Å². The van der Waals surface area contributed by atoms with Gasteiger partial charge in [0.2, 0.25) is 0 Å². The Bertz CT molecular complexity index is 2160. The molecule has 1 atom stereocenters. The largest absolute Gasteiger partial charge is 0.478 e. The fourth-order valence-electron chi connectivity index (χ4n) is 7.56. The lowest BCUT2D eigenvalue weighted by Gasteiger charge is -2.37. The SMILES string of the molecule is CCCCCc1ccc(-c2ccc(-c3c(C(=O)O)c4c(c5ccccc35)OC(c3ccccc3)(c3ccc(N(CC)CC)cc3)C=C4)cc2)cc1. The number of hydrogen-bond donors (Lipinski definition) is 1. The van der Waals surface area contributed by atoms with Crippen molar-refractivity contribution in [3.05, 3.63) is 161 Å². The van der Waals surface area contributed by atoms with Crippen LogP contribution in [0.1, 0.15) is 72.6 Å². The molecule has 4 nitrogen and oxygen atoms in total. The first kappa shape index (κ1) is 33.9. The van der Waals surface area contributed by atoms with E-state index in [1.54, 1.807) is 0 Å². The monoisotopic (exact) mass is 671 g/mol. The zero-order valence-electron chi connectivity index (χ0n) is 29.7. The zero-order valence-corrected chi connectivity index (χ0v) is 29.7. The molecule has 0 saturated heterocycles. The molecule has 0 radical (unpaired) electrons. The molecule has 256 valence electrons. The van der Waals surface area contributed by atoms with Crippen molar-refractivity contribution < 1.29 is 14.6 Å². The van der Waals surface area contributed by atoms with E-state index < -0.39 is 11.6 Å². The highest BCUT2D eigenvalue weighted by Gasteiger charge is 2.39. The number of anilines is 1. The number of rotatable bonds is 12. The number of fused-ring (bicyclic) bond motifs is 3. The Kier molecular flexibility index (Phi) is 9.76. The summed E-state index contributed by atoms with van der Waals surface area (Å²) in [6, 6.07) is 43.8. The van der Waals surface area contributed by atoms with Crippen molar-refractivity contribution in [2.45, 2.75) is 52.1 Å². The van der Waals surface area contributed by atoms with E-state index in [1.807, 2.05) is 66.7 Å². The predicted octanol–water partition coefficient (Wildman–Crippen LogP) is 11.8. The summed E-state index contributed by atoms with van der Waals surface area (Å²) >= 11 is 0. The maximum Gasteiger partial charge on any atom is 0.337 e. The van der Waals surface area contributed by atoms with Gasteiger partial charge in [-0.25, -0.2) is 4.79 Å². The number of hydrogen-bond acceptors (Lipinski definition) is 3. The quantitative estimate of drug-likeness (QED) is 0.132. The molecule has 1 N–H and O–H groups in total. The van der Waals surface area contributed by atoms with Crippen LogP contribution in [-0.2, 0) is 12.0 Å². The third-order valence-corrected chi connectivity index (χ3v) is 10.3. The van der Waals surface area contributed by atoms with Gasteiger partial charge in [0.25, 0.3) is 0 Å². The normalized spacial score (nSPS) is 15.0. The van der Waals surface area contributed by atoms with E-state index in [1.165, 1.54) is 24.8 Å². The number of unbranched alkanes of at least 4 members (excludes halogenated alkanes) is 2. The fraction of sp³-hybridized carbons (Fsp3) is 0.213. The van der Waals surface area contributed by atoms with Crippen LogP contribution in [0.4, 0.5) is 5.69 Å². The first-order valence-corrected chi connectivity index (χ1v) is 18.3. The second kappa shape index (κ2) is 14.7. The first-order valence-electron chi connectivity index (χ1n) is 18.3. The fourth-order valence-corrected chi connectivity index (χ4v) is 7.56. The Balaban J connectivity index is 1.33. The van der Waals surface area contributed by atoms with Gasteiger partial charge in [0.15, 0.2) is 5.60 Å². The van der Waals surface area contributed by atoms with Crippen molar-refractivity contribution in [2.24, 2.45) is 0 Å². The molecule has 7 rings (SSSR count). The van der Waals surface area contributed by atoms with Crippen LogP contribution in [0.2, 0.25) is 0 Å². The molecule has 0 fully saturated rings. The van der Waals surface area contributed by atoms with Gasteiger partial charge in [0.05, 0.1) is 5.56 Å². The summed E-state index contributed by atoms with van der Waals surface area (Å²) in [5, 5.41) is 12.6. The third kappa shape index (κ3) is 6.43. The van der Waals surface area contributed by atoms with Gasteiger partial charge in [-0.2, -0.15) is 0 Å². The number of carboxylic acid groups (broad SMARTS) is 1. The number of aryl methyl sites for hydroxylation is 1. The van der Waals surface area contributed by atoms with Gasteiger partial charge < -0.3 is 14.7 Å². The molecule has 0 saturated carbocycles. The van der Waals surface area contributed by atoms with E-state index in [9.17, 15) is 9.90 Å². The second-order valence-corrected chi connectivity index (χ2v) is 13.3. The van der Waals surface area contributed by atoms with Gasteiger partial charge in [-0.05, 0) is 78.6 Å². The van der Waals surface area contributed by atoms with Crippen molar-refractivity contribution in [1.82, 2.24) is 0 Å². The number of aromatic carboxylic acids is 1. The van der Waals surface area contributed by atoms with E-state index in [-0.39, 0.29) is 5.56 Å². The minimum absolute atomic E-state index is 0.239. The maximum atomic E-state index is 13.3. The molecule has 1 aliphatic heterocycles. The van der Waals surface area contributed by atoms with Gasteiger partial charge in [-0.1, -0.05) is 135 Å². The van der Waals surface area contributed by atoms with Crippen LogP contribution in [0.5, 0.6) is 5.75 Å². The highest BCUT2D eigenvalue weighted by atomic mass is 16.5. The van der Waals surface area contributed by atoms with Crippen LogP contribution < -0.4 is 9.64 Å². The van der Waals surface area contributed by atoms with E-state index in [0.29, 0.717) is 16.9 Å². The number of carbonyl (C=O) groups is 1. The van der Waals surface area contributed by atoms with E-state index >= 15 is 0 Å². The zero-order chi connectivity index (χ0) is 35.4. The second-order valence-electron chi connectivity index (χ2n) is 13.3. The lowest BCUT2D eigenvalue weighted by atomic mass is 9.81. The summed E-state index contributed by atoms with van der Waals surface area (Å²) in [6.07, 6.45) is 8.76. The molecule has 0 spiro atoms. The molecular formula is C47H45NO3. The summed E-state index contributed by atoms with van der Waals surface area (Å²) in [5.41, 5.74) is 8.11. The summed E-state index contributed by atoms with van der Waals surface area (Å²) < 4.78 is 7.19. The summed E-state index contributed by atoms with van der Waals surface area (Å²) in [6.45, 7) is 8.40. The Morgan fingerprint density at radius 3 is 1.88 bits per heavy atom. The maximum absolute atomic E-state index is 13.3. The highest BCUT2D eigenvalue weighted by Crippen LogP contribution is 2.49. The molecule has 0 aromatic heterocycles. The van der Waals surface area contributed by atoms with Gasteiger partial charge in [0, 0.05) is 46.4 Å². The minimum Gasteiger partial charge on any atom is -0.478 e. The summed E-state index contributed by atoms with van der Waals surface area (Å²) in [5.74, 6) is -0.416.